The number of hydrogen-bond acceptors (Lipinski definition) is 5. The van der Waals surface area contributed by atoms with E-state index in [0.717, 1.165) is 51.1 Å². The summed E-state index contributed by atoms with van der Waals surface area (Å²) in [7, 11) is 0. The highest BCUT2D eigenvalue weighted by Crippen LogP contribution is 2.35. The molecule has 1 aliphatic heterocycles. The SMILES string of the molecule is O=C(NCCc1noc(C2CCC2)n1)C1CCCCN1Cc1ccccc1. The van der Waals surface area contributed by atoms with E-state index in [1.165, 1.54) is 12.0 Å². The average Bonchev–Trinajstić information content (AvgIpc) is 3.09. The van der Waals surface area contributed by atoms with Crippen LogP contribution in [0.3, 0.4) is 0 Å². The molecule has 0 radical (unpaired) electrons. The molecular formula is C21H28N4O2. The molecular weight excluding hydrogens is 340 g/mol. The zero-order valence-corrected chi connectivity index (χ0v) is 15.8. The number of piperidine rings is 1. The third kappa shape index (κ3) is 4.56. The molecule has 1 amide bonds. The second-order valence-corrected chi connectivity index (χ2v) is 7.69. The fourth-order valence-electron chi connectivity index (χ4n) is 3.90. The Kier molecular flexibility index (Phi) is 5.82. The van der Waals surface area contributed by atoms with Crippen molar-refractivity contribution in [1.29, 1.82) is 0 Å². The number of benzene rings is 1. The standard InChI is InChI=1S/C21H28N4O2/c26-20(22-13-12-19-23-21(27-24-19)17-9-6-10-17)18-11-4-5-14-25(18)15-16-7-2-1-3-8-16/h1-3,7-8,17-18H,4-6,9-15H2,(H,22,26). The molecule has 1 N–H and O–H groups in total. The lowest BCUT2D eigenvalue weighted by molar-refractivity contribution is -0.127. The van der Waals surface area contributed by atoms with Gasteiger partial charge in [-0.05, 0) is 37.8 Å². The topological polar surface area (TPSA) is 71.3 Å². The van der Waals surface area contributed by atoms with Crippen LogP contribution in [0.4, 0.5) is 0 Å². The van der Waals surface area contributed by atoms with Crippen LogP contribution in [-0.2, 0) is 17.8 Å². The summed E-state index contributed by atoms with van der Waals surface area (Å²) < 4.78 is 5.34. The molecule has 144 valence electrons. The summed E-state index contributed by atoms with van der Waals surface area (Å²) in [6.07, 6.45) is 7.36. The molecule has 1 unspecified atom stereocenters. The summed E-state index contributed by atoms with van der Waals surface area (Å²) in [5, 5.41) is 7.13. The Hall–Kier alpha value is -2.21. The van der Waals surface area contributed by atoms with Crippen molar-refractivity contribution in [2.45, 2.75) is 63.5 Å². The van der Waals surface area contributed by atoms with Gasteiger partial charge in [-0.25, -0.2) is 0 Å². The number of nitrogens with one attached hydrogen (secondary N) is 1. The third-order valence-corrected chi connectivity index (χ3v) is 5.73. The predicted octanol–water partition coefficient (Wildman–Crippen LogP) is 3.05. The Morgan fingerprint density at radius 1 is 1.15 bits per heavy atom. The molecule has 2 fully saturated rings. The number of nitrogens with zero attached hydrogens (tertiary/aromatic N) is 3. The number of rotatable bonds is 7. The van der Waals surface area contributed by atoms with Gasteiger partial charge in [0.2, 0.25) is 11.8 Å². The van der Waals surface area contributed by atoms with Gasteiger partial charge in [-0.2, -0.15) is 4.98 Å². The lowest BCUT2D eigenvalue weighted by Gasteiger charge is -2.34. The fraction of sp³-hybridized carbons (Fsp3) is 0.571. The first kappa shape index (κ1) is 18.2. The van der Waals surface area contributed by atoms with E-state index in [1.54, 1.807) is 0 Å². The van der Waals surface area contributed by atoms with E-state index in [0.29, 0.717) is 24.7 Å². The highest BCUT2D eigenvalue weighted by molar-refractivity contribution is 5.81. The molecule has 6 nitrogen and oxygen atoms in total. The molecule has 2 heterocycles. The smallest absolute Gasteiger partial charge is 0.237 e. The van der Waals surface area contributed by atoms with Crippen molar-refractivity contribution in [3.05, 3.63) is 47.6 Å². The van der Waals surface area contributed by atoms with Crippen LogP contribution in [-0.4, -0.2) is 40.1 Å². The molecule has 1 aromatic carbocycles. The highest BCUT2D eigenvalue weighted by atomic mass is 16.5. The Morgan fingerprint density at radius 3 is 2.78 bits per heavy atom. The lowest BCUT2D eigenvalue weighted by Crippen LogP contribution is -2.49. The van der Waals surface area contributed by atoms with Gasteiger partial charge in [0.05, 0.1) is 6.04 Å². The molecule has 2 aromatic rings. The van der Waals surface area contributed by atoms with E-state index in [1.807, 2.05) is 6.07 Å². The van der Waals surface area contributed by atoms with Crippen molar-refractivity contribution in [3.8, 4) is 0 Å². The van der Waals surface area contributed by atoms with Crippen LogP contribution in [0.25, 0.3) is 0 Å². The summed E-state index contributed by atoms with van der Waals surface area (Å²) in [6.45, 7) is 2.36. The predicted molar refractivity (Wildman–Crippen MR) is 102 cm³/mol. The maximum atomic E-state index is 12.7. The number of aromatic nitrogens is 2. The van der Waals surface area contributed by atoms with Crippen LogP contribution in [0.15, 0.2) is 34.9 Å². The summed E-state index contributed by atoms with van der Waals surface area (Å²) >= 11 is 0. The molecule has 1 aromatic heterocycles. The highest BCUT2D eigenvalue weighted by Gasteiger charge is 2.29. The molecule has 0 spiro atoms. The summed E-state index contributed by atoms with van der Waals surface area (Å²) in [4.78, 5) is 19.5. The molecule has 0 bridgehead atoms. The first-order valence-electron chi connectivity index (χ1n) is 10.2. The number of hydrogen-bond donors (Lipinski definition) is 1. The molecule has 27 heavy (non-hydrogen) atoms. The Labute approximate surface area is 160 Å². The van der Waals surface area contributed by atoms with Gasteiger partial charge in [0.15, 0.2) is 5.82 Å². The van der Waals surface area contributed by atoms with Crippen LogP contribution < -0.4 is 5.32 Å². The van der Waals surface area contributed by atoms with E-state index in [2.05, 4.69) is 44.6 Å². The van der Waals surface area contributed by atoms with Crippen LogP contribution >= 0.6 is 0 Å². The third-order valence-electron chi connectivity index (χ3n) is 5.73. The van der Waals surface area contributed by atoms with E-state index in [9.17, 15) is 4.79 Å². The molecule has 4 rings (SSSR count). The van der Waals surface area contributed by atoms with Crippen molar-refractivity contribution < 1.29 is 9.32 Å². The van der Waals surface area contributed by atoms with Gasteiger partial charge >= 0.3 is 0 Å². The minimum atomic E-state index is -0.0465. The minimum absolute atomic E-state index is 0.0465. The van der Waals surface area contributed by atoms with Gasteiger partial charge in [0.1, 0.15) is 0 Å². The summed E-state index contributed by atoms with van der Waals surface area (Å²) in [5.74, 6) is 2.04. The average molecular weight is 368 g/mol. The van der Waals surface area contributed by atoms with E-state index < -0.39 is 0 Å². The van der Waals surface area contributed by atoms with Crippen LogP contribution in [0, 0.1) is 0 Å². The van der Waals surface area contributed by atoms with E-state index in [4.69, 9.17) is 4.52 Å². The van der Waals surface area contributed by atoms with E-state index in [-0.39, 0.29) is 11.9 Å². The maximum Gasteiger partial charge on any atom is 0.237 e. The van der Waals surface area contributed by atoms with Crippen molar-refractivity contribution in [2.24, 2.45) is 0 Å². The number of likely N-dealkylation sites (tertiary alicyclic amines) is 1. The van der Waals surface area contributed by atoms with Crippen LogP contribution in [0.5, 0.6) is 0 Å². The van der Waals surface area contributed by atoms with Crippen molar-refractivity contribution in [3.63, 3.8) is 0 Å². The molecule has 1 saturated carbocycles. The van der Waals surface area contributed by atoms with Crippen molar-refractivity contribution in [2.75, 3.05) is 13.1 Å². The first-order valence-corrected chi connectivity index (χ1v) is 10.2. The van der Waals surface area contributed by atoms with Gasteiger partial charge in [-0.1, -0.05) is 48.3 Å². The van der Waals surface area contributed by atoms with Crippen LogP contribution in [0.1, 0.15) is 61.7 Å². The summed E-state index contributed by atoms with van der Waals surface area (Å²) in [6, 6.07) is 10.3. The maximum absolute atomic E-state index is 12.7. The van der Waals surface area contributed by atoms with Gasteiger partial charge in [-0.3, -0.25) is 9.69 Å². The number of carbonyl (C=O) groups excluding carboxylic acids is 1. The van der Waals surface area contributed by atoms with Crippen molar-refractivity contribution in [1.82, 2.24) is 20.4 Å². The molecule has 2 aliphatic rings. The largest absolute Gasteiger partial charge is 0.354 e. The second-order valence-electron chi connectivity index (χ2n) is 7.69. The molecule has 1 atom stereocenters. The Balaban J connectivity index is 1.27. The van der Waals surface area contributed by atoms with Crippen LogP contribution in [0.2, 0.25) is 0 Å². The normalized spacial score (nSPS) is 21.0. The minimum Gasteiger partial charge on any atom is -0.354 e. The molecule has 1 saturated heterocycles. The fourth-order valence-corrected chi connectivity index (χ4v) is 3.90. The zero-order valence-electron chi connectivity index (χ0n) is 15.8. The van der Waals surface area contributed by atoms with Gasteiger partial charge in [-0.15, -0.1) is 0 Å². The lowest BCUT2D eigenvalue weighted by atomic mass is 9.85. The monoisotopic (exact) mass is 368 g/mol. The summed E-state index contributed by atoms with van der Waals surface area (Å²) in [5.41, 5.74) is 1.26. The van der Waals surface area contributed by atoms with Gasteiger partial charge in [0.25, 0.3) is 0 Å². The first-order chi connectivity index (χ1) is 13.3. The molecule has 1 aliphatic carbocycles. The second kappa shape index (κ2) is 8.65. The quantitative estimate of drug-likeness (QED) is 0.813. The van der Waals surface area contributed by atoms with Gasteiger partial charge in [0, 0.05) is 25.4 Å². The Morgan fingerprint density at radius 2 is 2.00 bits per heavy atom. The zero-order chi connectivity index (χ0) is 18.5. The molecule has 6 heteroatoms. The van der Waals surface area contributed by atoms with Crippen molar-refractivity contribution >= 4 is 5.91 Å². The van der Waals surface area contributed by atoms with Gasteiger partial charge < -0.3 is 9.84 Å². The van der Waals surface area contributed by atoms with E-state index >= 15 is 0 Å². The number of amides is 1. The number of carbonyl (C=O) groups is 1. The Bertz CT molecular complexity index is 742.